The van der Waals surface area contributed by atoms with Gasteiger partial charge in [0.15, 0.2) is 12.6 Å². The van der Waals surface area contributed by atoms with Gasteiger partial charge in [-0.2, -0.15) is 0 Å². The van der Waals surface area contributed by atoms with Crippen LogP contribution in [0, 0.1) is 5.82 Å². The van der Waals surface area contributed by atoms with Crippen LogP contribution in [0.3, 0.4) is 0 Å². The van der Waals surface area contributed by atoms with E-state index in [0.29, 0.717) is 31.3 Å². The molecular weight excluding hydrogens is 536 g/mol. The van der Waals surface area contributed by atoms with Crippen LogP contribution in [0.5, 0.6) is 5.75 Å². The summed E-state index contributed by atoms with van der Waals surface area (Å²) in [7, 11) is 0. The second-order valence-corrected chi connectivity index (χ2v) is 7.27. The van der Waals surface area contributed by atoms with Crippen LogP contribution in [0.1, 0.15) is 25.0 Å². The van der Waals surface area contributed by atoms with Crippen LogP contribution in [0.2, 0.25) is 0 Å². The third kappa shape index (κ3) is 8.23. The number of carbonyl (C=O) groups excluding carboxylic acids is 1. The molecule has 178 valence electrons. The van der Waals surface area contributed by atoms with Gasteiger partial charge in [-0.15, -0.1) is 24.0 Å². The van der Waals surface area contributed by atoms with Gasteiger partial charge < -0.3 is 25.7 Å². The fourth-order valence-electron chi connectivity index (χ4n) is 3.32. The minimum Gasteiger partial charge on any atom is -0.484 e. The maximum absolute atomic E-state index is 13.4. The van der Waals surface area contributed by atoms with E-state index < -0.39 is 0 Å². The number of nitrogens with one attached hydrogen (secondary N) is 4. The SMILES string of the molecule is CCNC(=O)COc1cccc(CN=C(NCC)NCCc2c[nH]c3cc(F)ccc23)c1.I. The summed E-state index contributed by atoms with van der Waals surface area (Å²) in [5.74, 6) is 0.962. The highest BCUT2D eigenvalue weighted by Gasteiger charge is 2.06. The molecule has 4 N–H and O–H groups in total. The summed E-state index contributed by atoms with van der Waals surface area (Å²) < 4.78 is 18.9. The number of fused-ring (bicyclic) bond motifs is 1. The van der Waals surface area contributed by atoms with E-state index in [4.69, 9.17) is 4.74 Å². The number of likely N-dealkylation sites (N-methyl/N-ethyl adjacent to an activating group) is 1. The number of hydrogen-bond acceptors (Lipinski definition) is 3. The Balaban J connectivity index is 0.00000385. The molecule has 7 nitrogen and oxygen atoms in total. The molecule has 0 fully saturated rings. The quantitative estimate of drug-likeness (QED) is 0.171. The predicted octanol–water partition coefficient (Wildman–Crippen LogP) is 3.74. The van der Waals surface area contributed by atoms with E-state index in [9.17, 15) is 9.18 Å². The maximum atomic E-state index is 13.4. The van der Waals surface area contributed by atoms with Gasteiger partial charge in [0.1, 0.15) is 11.6 Å². The largest absolute Gasteiger partial charge is 0.484 e. The molecule has 0 aliphatic carbocycles. The molecule has 0 aliphatic heterocycles. The van der Waals surface area contributed by atoms with Crippen molar-refractivity contribution < 1.29 is 13.9 Å². The number of aromatic nitrogens is 1. The van der Waals surface area contributed by atoms with Gasteiger partial charge in [-0.05, 0) is 61.7 Å². The smallest absolute Gasteiger partial charge is 0.257 e. The first-order valence-corrected chi connectivity index (χ1v) is 10.8. The molecule has 0 radical (unpaired) electrons. The van der Waals surface area contributed by atoms with Crippen LogP contribution < -0.4 is 20.7 Å². The van der Waals surface area contributed by atoms with Crippen molar-refractivity contribution >= 4 is 46.7 Å². The molecule has 33 heavy (non-hydrogen) atoms. The molecular formula is C24H31FIN5O2. The van der Waals surface area contributed by atoms with Crippen molar-refractivity contribution in [3.05, 3.63) is 65.6 Å². The predicted molar refractivity (Wildman–Crippen MR) is 141 cm³/mol. The van der Waals surface area contributed by atoms with Gasteiger partial charge in [0.25, 0.3) is 5.91 Å². The molecule has 3 rings (SSSR count). The maximum Gasteiger partial charge on any atom is 0.257 e. The number of ether oxygens (including phenoxy) is 1. The number of benzene rings is 2. The Morgan fingerprint density at radius 1 is 1.09 bits per heavy atom. The van der Waals surface area contributed by atoms with Crippen LogP contribution in [-0.4, -0.2) is 43.1 Å². The van der Waals surface area contributed by atoms with E-state index in [0.717, 1.165) is 35.0 Å². The summed E-state index contributed by atoms with van der Waals surface area (Å²) in [5.41, 5.74) is 2.91. The third-order valence-corrected chi connectivity index (χ3v) is 4.82. The average Bonchev–Trinajstić information content (AvgIpc) is 3.18. The topological polar surface area (TPSA) is 90.5 Å². The highest BCUT2D eigenvalue weighted by molar-refractivity contribution is 14.0. The lowest BCUT2D eigenvalue weighted by Gasteiger charge is -2.11. The Hall–Kier alpha value is -2.82. The normalized spacial score (nSPS) is 11.1. The first-order valence-electron chi connectivity index (χ1n) is 10.8. The number of rotatable bonds is 10. The average molecular weight is 567 g/mol. The number of hydrogen-bond donors (Lipinski definition) is 4. The number of halogens is 2. The zero-order valence-electron chi connectivity index (χ0n) is 18.9. The van der Waals surface area contributed by atoms with Crippen LogP contribution >= 0.6 is 24.0 Å². The van der Waals surface area contributed by atoms with Crippen LogP contribution in [0.4, 0.5) is 4.39 Å². The lowest BCUT2D eigenvalue weighted by Crippen LogP contribution is -2.38. The first kappa shape index (κ1) is 26.4. The number of guanidine groups is 1. The molecule has 1 aromatic heterocycles. The van der Waals surface area contributed by atoms with Crippen molar-refractivity contribution in [2.45, 2.75) is 26.8 Å². The van der Waals surface area contributed by atoms with Crippen molar-refractivity contribution in [3.8, 4) is 5.75 Å². The summed E-state index contributed by atoms with van der Waals surface area (Å²) in [5, 5.41) is 10.3. The lowest BCUT2D eigenvalue weighted by molar-refractivity contribution is -0.122. The van der Waals surface area contributed by atoms with Crippen molar-refractivity contribution in [3.63, 3.8) is 0 Å². The van der Waals surface area contributed by atoms with Crippen LogP contribution in [0.25, 0.3) is 10.9 Å². The minimum atomic E-state index is -0.246. The number of H-pyrrole nitrogens is 1. The number of nitrogens with zero attached hydrogens (tertiary/aromatic N) is 1. The summed E-state index contributed by atoms with van der Waals surface area (Å²) in [4.78, 5) is 19.3. The van der Waals surface area contributed by atoms with E-state index in [1.807, 2.05) is 44.3 Å². The van der Waals surface area contributed by atoms with Gasteiger partial charge in [0, 0.05) is 36.7 Å². The zero-order valence-corrected chi connectivity index (χ0v) is 21.2. The van der Waals surface area contributed by atoms with Gasteiger partial charge in [-0.1, -0.05) is 12.1 Å². The lowest BCUT2D eigenvalue weighted by atomic mass is 10.1. The Morgan fingerprint density at radius 3 is 2.70 bits per heavy atom. The molecule has 1 amide bonds. The summed E-state index contributed by atoms with van der Waals surface area (Å²) >= 11 is 0. The van der Waals surface area contributed by atoms with Crippen LogP contribution in [0.15, 0.2) is 53.7 Å². The molecule has 0 aliphatic rings. The van der Waals surface area contributed by atoms with E-state index in [1.54, 1.807) is 6.07 Å². The second-order valence-electron chi connectivity index (χ2n) is 7.27. The molecule has 0 unspecified atom stereocenters. The molecule has 3 aromatic rings. The number of aliphatic imine (C=N–C) groups is 1. The Kier molecular flexibility index (Phi) is 10.9. The molecule has 0 spiro atoms. The van der Waals surface area contributed by atoms with Crippen molar-refractivity contribution in [1.29, 1.82) is 0 Å². The van der Waals surface area contributed by atoms with Gasteiger partial charge in [-0.3, -0.25) is 4.79 Å². The van der Waals surface area contributed by atoms with Gasteiger partial charge >= 0.3 is 0 Å². The highest BCUT2D eigenvalue weighted by Crippen LogP contribution is 2.19. The number of carbonyl (C=O) groups is 1. The number of aromatic amines is 1. The van der Waals surface area contributed by atoms with Crippen molar-refractivity contribution in [1.82, 2.24) is 20.9 Å². The van der Waals surface area contributed by atoms with E-state index in [-0.39, 0.29) is 42.3 Å². The molecule has 0 saturated carbocycles. The fraction of sp³-hybridized carbons (Fsp3) is 0.333. The Bertz CT molecular complexity index is 1070. The minimum absolute atomic E-state index is 0. The highest BCUT2D eigenvalue weighted by atomic mass is 127. The zero-order chi connectivity index (χ0) is 22.8. The summed E-state index contributed by atoms with van der Waals surface area (Å²) in [6.45, 7) is 6.36. The standard InChI is InChI=1S/C24H30FN5O2.HI/c1-3-26-23(31)16-32-20-7-5-6-17(12-20)14-30-24(27-4-2)28-11-10-18-15-29-22-13-19(25)8-9-21(18)22;/h5-9,12-13,15,29H,3-4,10-11,14,16H2,1-2H3,(H,26,31)(H2,27,28,30);1H. The molecule has 0 saturated heterocycles. The van der Waals surface area contributed by atoms with Gasteiger partial charge in [0.05, 0.1) is 6.54 Å². The molecule has 0 bridgehead atoms. The summed E-state index contributed by atoms with van der Waals surface area (Å²) in [6.07, 6.45) is 2.70. The number of amides is 1. The Morgan fingerprint density at radius 2 is 1.91 bits per heavy atom. The van der Waals surface area contributed by atoms with E-state index >= 15 is 0 Å². The first-order chi connectivity index (χ1) is 15.6. The van der Waals surface area contributed by atoms with Crippen molar-refractivity contribution in [2.24, 2.45) is 4.99 Å². The molecule has 9 heteroatoms. The second kappa shape index (κ2) is 13.7. The van der Waals surface area contributed by atoms with E-state index in [2.05, 4.69) is 25.9 Å². The van der Waals surface area contributed by atoms with E-state index in [1.165, 1.54) is 12.1 Å². The molecule has 2 aromatic carbocycles. The van der Waals surface area contributed by atoms with Crippen molar-refractivity contribution in [2.75, 3.05) is 26.2 Å². The summed E-state index contributed by atoms with van der Waals surface area (Å²) in [6, 6.07) is 12.4. The molecule has 0 atom stereocenters. The Labute approximate surface area is 210 Å². The molecule has 1 heterocycles. The van der Waals surface area contributed by atoms with Crippen LogP contribution in [-0.2, 0) is 17.8 Å². The van der Waals surface area contributed by atoms with Gasteiger partial charge in [0.2, 0.25) is 0 Å². The van der Waals surface area contributed by atoms with Gasteiger partial charge in [-0.25, -0.2) is 9.38 Å². The third-order valence-electron chi connectivity index (χ3n) is 4.82. The fourth-order valence-corrected chi connectivity index (χ4v) is 3.32. The monoisotopic (exact) mass is 567 g/mol.